The fourth-order valence-electron chi connectivity index (χ4n) is 2.68. The van der Waals surface area contributed by atoms with E-state index in [0.717, 1.165) is 0 Å². The number of nitrogens with one attached hydrogen (secondary N) is 2. The topological polar surface area (TPSA) is 137 Å². The van der Waals surface area contributed by atoms with E-state index in [1.54, 1.807) is 13.8 Å². The van der Waals surface area contributed by atoms with E-state index < -0.39 is 46.4 Å². The first-order chi connectivity index (χ1) is 15.6. The molecule has 0 aliphatic carbocycles. The number of amides is 1. The van der Waals surface area contributed by atoms with Crippen LogP contribution >= 0.6 is 0 Å². The van der Waals surface area contributed by atoms with Crippen molar-refractivity contribution in [1.29, 1.82) is 0 Å². The lowest BCUT2D eigenvalue weighted by Gasteiger charge is -2.20. The maximum Gasteiger partial charge on any atom is 0.337 e. The second-order valence-corrected chi connectivity index (χ2v) is 8.96. The van der Waals surface area contributed by atoms with E-state index in [0.29, 0.717) is 17.0 Å². The van der Waals surface area contributed by atoms with Crippen LogP contribution in [0.25, 0.3) is 0 Å². The van der Waals surface area contributed by atoms with Crippen molar-refractivity contribution in [3.63, 3.8) is 0 Å². The highest BCUT2D eigenvalue weighted by molar-refractivity contribution is 7.89. The molecule has 0 heterocycles. The first-order valence-electron chi connectivity index (χ1n) is 9.88. The van der Waals surface area contributed by atoms with E-state index in [9.17, 15) is 22.8 Å². The molecule has 0 unspecified atom stereocenters. The predicted molar refractivity (Wildman–Crippen MR) is 119 cm³/mol. The molecule has 33 heavy (non-hydrogen) atoms. The fraction of sp³-hybridized carbons (Fsp3) is 0.318. The van der Waals surface area contributed by atoms with Gasteiger partial charge in [-0.3, -0.25) is 9.59 Å². The molecule has 0 saturated carbocycles. The van der Waals surface area contributed by atoms with Gasteiger partial charge in [-0.05, 0) is 54.4 Å². The van der Waals surface area contributed by atoms with Crippen LogP contribution in [0.15, 0.2) is 53.4 Å². The van der Waals surface area contributed by atoms with Gasteiger partial charge in [0, 0.05) is 5.69 Å². The maximum absolute atomic E-state index is 12.7. The lowest BCUT2D eigenvalue weighted by molar-refractivity contribution is -0.150. The number of sulfonamides is 1. The van der Waals surface area contributed by atoms with Crippen molar-refractivity contribution in [2.45, 2.75) is 24.8 Å². The van der Waals surface area contributed by atoms with E-state index in [2.05, 4.69) is 14.8 Å². The molecule has 0 fully saturated rings. The second-order valence-electron chi connectivity index (χ2n) is 7.24. The smallest absolute Gasteiger partial charge is 0.337 e. The minimum absolute atomic E-state index is 0.0464. The third-order valence-corrected chi connectivity index (χ3v) is 5.96. The molecule has 0 aromatic heterocycles. The summed E-state index contributed by atoms with van der Waals surface area (Å²) in [5.74, 6) is -1.99. The van der Waals surface area contributed by atoms with Crippen molar-refractivity contribution in [2.24, 2.45) is 5.92 Å². The van der Waals surface area contributed by atoms with Gasteiger partial charge in [-0.15, -0.1) is 0 Å². The Balaban J connectivity index is 1.97. The van der Waals surface area contributed by atoms with E-state index in [-0.39, 0.29) is 4.90 Å². The van der Waals surface area contributed by atoms with Gasteiger partial charge in [0.05, 0.1) is 24.7 Å². The number of hydrogen-bond donors (Lipinski definition) is 2. The molecule has 0 radical (unpaired) electrons. The van der Waals surface area contributed by atoms with Crippen molar-refractivity contribution >= 4 is 33.6 Å². The minimum atomic E-state index is -4.02. The molecule has 1 amide bonds. The van der Waals surface area contributed by atoms with Crippen LogP contribution in [0.3, 0.4) is 0 Å². The van der Waals surface area contributed by atoms with Crippen molar-refractivity contribution in [2.75, 3.05) is 26.1 Å². The highest BCUT2D eigenvalue weighted by Crippen LogP contribution is 2.17. The number of carbonyl (C=O) groups is 3. The summed E-state index contributed by atoms with van der Waals surface area (Å²) < 4.78 is 42.3. The van der Waals surface area contributed by atoms with Gasteiger partial charge in [-0.2, -0.15) is 4.72 Å². The number of rotatable bonds is 10. The van der Waals surface area contributed by atoms with Crippen molar-refractivity contribution in [1.82, 2.24) is 4.72 Å². The van der Waals surface area contributed by atoms with Crippen LogP contribution in [0.5, 0.6) is 5.75 Å². The Bertz CT molecular complexity index is 1080. The fourth-order valence-corrected chi connectivity index (χ4v) is 4.01. The number of methoxy groups -OCH3 is 2. The number of ether oxygens (including phenoxy) is 3. The second kappa shape index (κ2) is 11.4. The number of anilines is 1. The SMILES string of the molecule is COC(=O)c1ccc(NC(=O)COC(=O)[C@@H](NS(=O)(=O)c2ccc(OC)cc2)C(C)C)cc1. The highest BCUT2D eigenvalue weighted by Gasteiger charge is 2.30. The first kappa shape index (κ1) is 25.8. The summed E-state index contributed by atoms with van der Waals surface area (Å²) in [5.41, 5.74) is 0.690. The van der Waals surface area contributed by atoms with Crippen LogP contribution in [0.4, 0.5) is 5.69 Å². The lowest BCUT2D eigenvalue weighted by atomic mass is 10.1. The van der Waals surface area contributed by atoms with Crippen molar-refractivity contribution in [3.8, 4) is 5.75 Å². The molecule has 2 rings (SSSR count). The van der Waals surface area contributed by atoms with Crippen LogP contribution in [-0.2, 0) is 29.1 Å². The molecule has 0 aliphatic rings. The number of benzene rings is 2. The third-order valence-electron chi connectivity index (χ3n) is 4.51. The average Bonchev–Trinajstić information content (AvgIpc) is 2.80. The van der Waals surface area contributed by atoms with Gasteiger partial charge < -0.3 is 19.5 Å². The van der Waals surface area contributed by atoms with E-state index in [4.69, 9.17) is 9.47 Å². The quantitative estimate of drug-likeness (QED) is 0.495. The van der Waals surface area contributed by atoms with Crippen molar-refractivity contribution in [3.05, 3.63) is 54.1 Å². The summed E-state index contributed by atoms with van der Waals surface area (Å²) in [6.45, 7) is 2.67. The van der Waals surface area contributed by atoms with Crippen LogP contribution in [0, 0.1) is 5.92 Å². The Morgan fingerprint density at radius 2 is 1.55 bits per heavy atom. The molecular formula is C22H26N2O8S. The number of hydrogen-bond acceptors (Lipinski definition) is 8. The molecule has 10 nitrogen and oxygen atoms in total. The van der Waals surface area contributed by atoms with Gasteiger partial charge in [0.25, 0.3) is 5.91 Å². The Labute approximate surface area is 192 Å². The summed E-state index contributed by atoms with van der Waals surface area (Å²) in [6, 6.07) is 10.4. The zero-order valence-corrected chi connectivity index (χ0v) is 19.5. The van der Waals surface area contributed by atoms with Gasteiger partial charge >= 0.3 is 11.9 Å². The third kappa shape index (κ3) is 7.29. The molecule has 0 spiro atoms. The standard InChI is InChI=1S/C22H26N2O8S/c1-14(2)20(24-33(28,29)18-11-9-17(30-3)10-12-18)22(27)32-13-19(25)23-16-7-5-15(6-8-16)21(26)31-4/h5-12,14,20,24H,13H2,1-4H3,(H,23,25)/t20-/m0/s1. The molecule has 178 valence electrons. The van der Waals surface area contributed by atoms with Gasteiger partial charge in [0.2, 0.25) is 10.0 Å². The van der Waals surface area contributed by atoms with Gasteiger partial charge in [-0.25, -0.2) is 13.2 Å². The monoisotopic (exact) mass is 478 g/mol. The normalized spacial score (nSPS) is 12.0. The summed E-state index contributed by atoms with van der Waals surface area (Å²) in [7, 11) is -1.30. The summed E-state index contributed by atoms with van der Waals surface area (Å²) in [5, 5.41) is 2.52. The zero-order valence-electron chi connectivity index (χ0n) is 18.7. The molecule has 0 bridgehead atoms. The van der Waals surface area contributed by atoms with E-state index in [1.807, 2.05) is 0 Å². The molecule has 0 aliphatic heterocycles. The molecule has 11 heteroatoms. The van der Waals surface area contributed by atoms with Gasteiger partial charge in [-0.1, -0.05) is 13.8 Å². The highest BCUT2D eigenvalue weighted by atomic mass is 32.2. The zero-order chi connectivity index (χ0) is 24.6. The van der Waals surface area contributed by atoms with Crippen LogP contribution in [-0.4, -0.2) is 53.1 Å². The Morgan fingerprint density at radius 1 is 0.939 bits per heavy atom. The summed E-state index contributed by atoms with van der Waals surface area (Å²) in [4.78, 5) is 36.0. The van der Waals surface area contributed by atoms with Crippen LogP contribution < -0.4 is 14.8 Å². The average molecular weight is 479 g/mol. The Kier molecular flexibility index (Phi) is 8.94. The molecule has 1 atom stereocenters. The largest absolute Gasteiger partial charge is 0.497 e. The summed E-state index contributed by atoms with van der Waals surface area (Å²) in [6.07, 6.45) is 0. The van der Waals surface area contributed by atoms with Gasteiger partial charge in [0.15, 0.2) is 6.61 Å². The lowest BCUT2D eigenvalue weighted by Crippen LogP contribution is -2.45. The molecule has 2 aromatic rings. The first-order valence-corrected chi connectivity index (χ1v) is 11.4. The molecule has 2 aromatic carbocycles. The Morgan fingerprint density at radius 3 is 2.06 bits per heavy atom. The number of esters is 2. The maximum atomic E-state index is 12.7. The van der Waals surface area contributed by atoms with Crippen LogP contribution in [0.1, 0.15) is 24.2 Å². The molecular weight excluding hydrogens is 452 g/mol. The minimum Gasteiger partial charge on any atom is -0.497 e. The van der Waals surface area contributed by atoms with Gasteiger partial charge in [0.1, 0.15) is 11.8 Å². The predicted octanol–water partition coefficient (Wildman–Crippen LogP) is 1.97. The van der Waals surface area contributed by atoms with E-state index in [1.165, 1.54) is 62.8 Å². The Hall–Kier alpha value is -3.44. The molecule has 2 N–H and O–H groups in total. The number of carbonyl (C=O) groups excluding carboxylic acids is 3. The molecule has 0 saturated heterocycles. The van der Waals surface area contributed by atoms with Crippen molar-refractivity contribution < 1.29 is 37.0 Å². The summed E-state index contributed by atoms with van der Waals surface area (Å²) >= 11 is 0. The van der Waals surface area contributed by atoms with Crippen LogP contribution in [0.2, 0.25) is 0 Å². The van der Waals surface area contributed by atoms with E-state index >= 15 is 0 Å².